The second-order valence-electron chi connectivity index (χ2n) is 5.80. The molecule has 0 N–H and O–H groups in total. The van der Waals surface area contributed by atoms with Gasteiger partial charge in [0.2, 0.25) is 0 Å². The molecule has 1 fully saturated rings. The second kappa shape index (κ2) is 6.20. The van der Waals surface area contributed by atoms with Crippen molar-refractivity contribution in [2.75, 3.05) is 18.0 Å². The Hall–Kier alpha value is -2.69. The third kappa shape index (κ3) is 2.82. The minimum atomic E-state index is 0.854. The van der Waals surface area contributed by atoms with Gasteiger partial charge in [0.1, 0.15) is 12.1 Å². The van der Waals surface area contributed by atoms with E-state index in [0.717, 1.165) is 35.5 Å². The summed E-state index contributed by atoms with van der Waals surface area (Å²) in [6.45, 7) is 2.13. The van der Waals surface area contributed by atoms with Crippen LogP contribution in [-0.4, -0.2) is 32.8 Å². The fourth-order valence-electron chi connectivity index (χ4n) is 3.04. The zero-order valence-electron chi connectivity index (χ0n) is 13.0. The van der Waals surface area contributed by atoms with Crippen LogP contribution in [0.2, 0.25) is 0 Å². The Bertz CT molecular complexity index is 816. The molecule has 0 saturated carbocycles. The topological polar surface area (TPSA) is 46.8 Å². The van der Waals surface area contributed by atoms with E-state index in [1.807, 2.05) is 41.4 Å². The van der Waals surface area contributed by atoms with Crippen molar-refractivity contribution in [1.29, 1.82) is 0 Å². The number of fused-ring (bicyclic) bond motifs is 1. The molecule has 0 bridgehead atoms. The summed E-state index contributed by atoms with van der Waals surface area (Å²) in [5, 5.41) is 5.49. The molecule has 0 radical (unpaired) electrons. The number of rotatable bonds is 3. The van der Waals surface area contributed by atoms with Crippen LogP contribution in [0, 0.1) is 0 Å². The lowest BCUT2D eigenvalue weighted by Gasteiger charge is -2.27. The average Bonchev–Trinajstić information content (AvgIpc) is 3.05. The van der Waals surface area contributed by atoms with Crippen molar-refractivity contribution in [3.63, 3.8) is 0 Å². The molecule has 5 nitrogen and oxygen atoms in total. The van der Waals surface area contributed by atoms with Crippen molar-refractivity contribution >= 4 is 29.1 Å². The van der Waals surface area contributed by atoms with Gasteiger partial charge in [-0.1, -0.05) is 30.3 Å². The maximum Gasteiger partial charge on any atom is 0.167 e. The summed E-state index contributed by atoms with van der Waals surface area (Å²) in [6, 6.07) is 10.2. The van der Waals surface area contributed by atoms with Gasteiger partial charge in [-0.25, -0.2) is 14.6 Å². The van der Waals surface area contributed by atoms with E-state index in [9.17, 15) is 0 Å². The highest BCUT2D eigenvalue weighted by Crippen LogP contribution is 2.25. The van der Waals surface area contributed by atoms with Crippen molar-refractivity contribution in [2.45, 2.75) is 19.3 Å². The van der Waals surface area contributed by atoms with Crippen LogP contribution in [0.1, 0.15) is 24.8 Å². The van der Waals surface area contributed by atoms with Crippen LogP contribution in [0.4, 0.5) is 5.82 Å². The SMILES string of the molecule is C(=C/n1ncc2c(N3CCCCC3)ncnc21)/c1ccccc1. The molecule has 1 aliphatic heterocycles. The van der Waals surface area contributed by atoms with Crippen LogP contribution in [0.15, 0.2) is 42.9 Å². The predicted molar refractivity (Wildman–Crippen MR) is 93.1 cm³/mol. The van der Waals surface area contributed by atoms with E-state index >= 15 is 0 Å². The number of anilines is 1. The first-order valence-electron chi connectivity index (χ1n) is 8.08. The molecule has 1 aromatic carbocycles. The standard InChI is InChI=1S/C18H19N5/c1-3-7-15(8-4-1)9-12-23-18-16(13-21-23)17(19-14-20-18)22-10-5-2-6-11-22/h1,3-4,7-9,12-14H,2,5-6,10-11H2/b12-9-. The molecule has 0 atom stereocenters. The molecule has 0 spiro atoms. The van der Waals surface area contributed by atoms with E-state index in [1.54, 1.807) is 6.33 Å². The van der Waals surface area contributed by atoms with Gasteiger partial charge < -0.3 is 4.90 Å². The smallest absolute Gasteiger partial charge is 0.167 e. The predicted octanol–water partition coefficient (Wildman–Crippen LogP) is 3.44. The van der Waals surface area contributed by atoms with Crippen LogP contribution in [-0.2, 0) is 0 Å². The Morgan fingerprint density at radius 3 is 2.61 bits per heavy atom. The van der Waals surface area contributed by atoms with Crippen molar-refractivity contribution < 1.29 is 0 Å². The van der Waals surface area contributed by atoms with E-state index in [0.29, 0.717) is 0 Å². The zero-order valence-corrected chi connectivity index (χ0v) is 13.0. The van der Waals surface area contributed by atoms with E-state index in [-0.39, 0.29) is 0 Å². The van der Waals surface area contributed by atoms with Gasteiger partial charge in [-0.3, -0.25) is 0 Å². The summed E-state index contributed by atoms with van der Waals surface area (Å²) in [5.74, 6) is 1.01. The summed E-state index contributed by atoms with van der Waals surface area (Å²) in [6.07, 6.45) is 11.3. The quantitative estimate of drug-likeness (QED) is 0.743. The lowest BCUT2D eigenvalue weighted by atomic mass is 10.1. The first-order chi connectivity index (χ1) is 11.4. The summed E-state index contributed by atoms with van der Waals surface area (Å²) in [7, 11) is 0. The Labute approximate surface area is 135 Å². The van der Waals surface area contributed by atoms with Gasteiger partial charge >= 0.3 is 0 Å². The Kier molecular flexibility index (Phi) is 3.76. The molecule has 23 heavy (non-hydrogen) atoms. The number of aromatic nitrogens is 4. The highest BCUT2D eigenvalue weighted by Gasteiger charge is 2.17. The van der Waals surface area contributed by atoms with Crippen LogP contribution in [0.25, 0.3) is 23.3 Å². The van der Waals surface area contributed by atoms with E-state index in [2.05, 4.69) is 32.1 Å². The molecule has 4 rings (SSSR count). The van der Waals surface area contributed by atoms with Crippen LogP contribution >= 0.6 is 0 Å². The third-order valence-electron chi connectivity index (χ3n) is 4.23. The third-order valence-corrected chi connectivity index (χ3v) is 4.23. The number of nitrogens with zero attached hydrogens (tertiary/aromatic N) is 5. The Balaban J connectivity index is 1.68. The molecule has 0 amide bonds. The molecule has 0 unspecified atom stereocenters. The Morgan fingerprint density at radius 2 is 1.78 bits per heavy atom. The monoisotopic (exact) mass is 305 g/mol. The van der Waals surface area contributed by atoms with E-state index in [1.165, 1.54) is 19.3 Å². The summed E-state index contributed by atoms with van der Waals surface area (Å²) in [5.41, 5.74) is 1.99. The number of hydrogen-bond donors (Lipinski definition) is 0. The van der Waals surface area contributed by atoms with Gasteiger partial charge in [0.15, 0.2) is 5.65 Å². The number of hydrogen-bond acceptors (Lipinski definition) is 4. The van der Waals surface area contributed by atoms with Gasteiger partial charge in [0.25, 0.3) is 0 Å². The molecule has 1 aliphatic rings. The second-order valence-corrected chi connectivity index (χ2v) is 5.80. The molecular formula is C18H19N5. The first-order valence-corrected chi connectivity index (χ1v) is 8.08. The maximum atomic E-state index is 4.50. The van der Waals surface area contributed by atoms with Gasteiger partial charge in [-0.05, 0) is 30.9 Å². The highest BCUT2D eigenvalue weighted by atomic mass is 15.3. The minimum absolute atomic E-state index is 0.854. The molecule has 1 saturated heterocycles. The maximum absolute atomic E-state index is 4.50. The lowest BCUT2D eigenvalue weighted by Crippen LogP contribution is -2.30. The van der Waals surface area contributed by atoms with Gasteiger partial charge in [-0.2, -0.15) is 5.10 Å². The van der Waals surface area contributed by atoms with Crippen molar-refractivity contribution in [1.82, 2.24) is 19.7 Å². The fraction of sp³-hybridized carbons (Fsp3) is 0.278. The lowest BCUT2D eigenvalue weighted by molar-refractivity contribution is 0.574. The minimum Gasteiger partial charge on any atom is -0.356 e. The van der Waals surface area contributed by atoms with Crippen molar-refractivity contribution in [3.05, 3.63) is 48.4 Å². The van der Waals surface area contributed by atoms with Crippen LogP contribution in [0.5, 0.6) is 0 Å². The van der Waals surface area contributed by atoms with Crippen LogP contribution < -0.4 is 4.90 Å². The first kappa shape index (κ1) is 13.9. The Morgan fingerprint density at radius 1 is 0.957 bits per heavy atom. The van der Waals surface area contributed by atoms with E-state index < -0.39 is 0 Å². The van der Waals surface area contributed by atoms with Gasteiger partial charge in [0.05, 0.1) is 11.6 Å². The van der Waals surface area contributed by atoms with E-state index in [4.69, 9.17) is 0 Å². The van der Waals surface area contributed by atoms with Crippen LogP contribution in [0.3, 0.4) is 0 Å². The highest BCUT2D eigenvalue weighted by molar-refractivity contribution is 5.88. The largest absolute Gasteiger partial charge is 0.356 e. The number of benzene rings is 1. The molecule has 5 heteroatoms. The van der Waals surface area contributed by atoms with Gasteiger partial charge in [-0.15, -0.1) is 0 Å². The molecule has 3 aromatic rings. The summed E-state index contributed by atoms with van der Waals surface area (Å²) < 4.78 is 1.82. The number of piperidine rings is 1. The summed E-state index contributed by atoms with van der Waals surface area (Å²) in [4.78, 5) is 11.3. The molecular weight excluding hydrogens is 286 g/mol. The molecule has 3 heterocycles. The van der Waals surface area contributed by atoms with Gasteiger partial charge in [0, 0.05) is 19.3 Å². The van der Waals surface area contributed by atoms with Crippen molar-refractivity contribution in [2.24, 2.45) is 0 Å². The zero-order chi connectivity index (χ0) is 15.5. The molecule has 0 aliphatic carbocycles. The normalized spacial score (nSPS) is 15.6. The summed E-state index contributed by atoms with van der Waals surface area (Å²) >= 11 is 0. The molecule has 116 valence electrons. The van der Waals surface area contributed by atoms with Crippen molar-refractivity contribution in [3.8, 4) is 0 Å². The molecule has 2 aromatic heterocycles. The average molecular weight is 305 g/mol. The fourth-order valence-corrected chi connectivity index (χ4v) is 3.04.